The molecule has 3 rings (SSSR count). The molecule has 4 heteroatoms. The van der Waals surface area contributed by atoms with E-state index >= 15 is 0 Å². The molecule has 0 radical (unpaired) electrons. The van der Waals surface area contributed by atoms with Crippen LogP contribution in [0, 0.1) is 5.92 Å². The fourth-order valence-electron chi connectivity index (χ4n) is 3.38. The molecule has 0 saturated heterocycles. The molecule has 0 saturated carbocycles. The molecule has 0 unspecified atom stereocenters. The minimum Gasteiger partial charge on any atom is -0.497 e. The summed E-state index contributed by atoms with van der Waals surface area (Å²) < 4.78 is 7.53. The SMILES string of the molecule is COc1cccc(C(=O)N(Cc2cccn2Cc2ccccc2)[C@H](C)C(C)C)c1. The Morgan fingerprint density at radius 3 is 2.45 bits per heavy atom. The average Bonchev–Trinajstić information content (AvgIpc) is 3.18. The molecule has 1 amide bonds. The van der Waals surface area contributed by atoms with Gasteiger partial charge in [-0.3, -0.25) is 4.79 Å². The summed E-state index contributed by atoms with van der Waals surface area (Å²) in [6.45, 7) is 7.78. The van der Waals surface area contributed by atoms with Gasteiger partial charge in [0.1, 0.15) is 5.75 Å². The van der Waals surface area contributed by atoms with Crippen LogP contribution >= 0.6 is 0 Å². The summed E-state index contributed by atoms with van der Waals surface area (Å²) in [7, 11) is 1.62. The highest BCUT2D eigenvalue weighted by Gasteiger charge is 2.25. The maximum atomic E-state index is 13.4. The Morgan fingerprint density at radius 2 is 1.76 bits per heavy atom. The number of amides is 1. The molecule has 29 heavy (non-hydrogen) atoms. The fourth-order valence-corrected chi connectivity index (χ4v) is 3.38. The van der Waals surface area contributed by atoms with E-state index < -0.39 is 0 Å². The van der Waals surface area contributed by atoms with Gasteiger partial charge in [0.15, 0.2) is 0 Å². The minimum atomic E-state index is 0.0255. The first-order valence-corrected chi connectivity index (χ1v) is 10.1. The number of nitrogens with zero attached hydrogens (tertiary/aromatic N) is 2. The van der Waals surface area contributed by atoms with Crippen LogP contribution in [0.1, 0.15) is 42.4 Å². The van der Waals surface area contributed by atoms with Crippen LogP contribution in [-0.2, 0) is 13.1 Å². The molecule has 0 fully saturated rings. The first-order valence-electron chi connectivity index (χ1n) is 10.1. The standard InChI is InChI=1S/C25H30N2O2/c1-19(2)20(3)27(25(28)22-12-8-14-24(16-22)29-4)18-23-13-9-15-26(23)17-21-10-6-5-7-11-21/h5-16,19-20H,17-18H2,1-4H3/t20-/m1/s1. The predicted molar refractivity (Wildman–Crippen MR) is 117 cm³/mol. The third-order valence-corrected chi connectivity index (χ3v) is 5.49. The van der Waals surface area contributed by atoms with Gasteiger partial charge >= 0.3 is 0 Å². The Labute approximate surface area is 173 Å². The van der Waals surface area contributed by atoms with Crippen LogP contribution in [0.3, 0.4) is 0 Å². The predicted octanol–water partition coefficient (Wildman–Crippen LogP) is 5.23. The zero-order valence-corrected chi connectivity index (χ0v) is 17.7. The monoisotopic (exact) mass is 390 g/mol. The lowest BCUT2D eigenvalue weighted by Crippen LogP contribution is -2.41. The van der Waals surface area contributed by atoms with E-state index in [1.165, 1.54) is 5.56 Å². The van der Waals surface area contributed by atoms with E-state index in [0.29, 0.717) is 23.8 Å². The average molecular weight is 391 g/mol. The molecule has 152 valence electrons. The lowest BCUT2D eigenvalue weighted by molar-refractivity contribution is 0.0622. The summed E-state index contributed by atoms with van der Waals surface area (Å²) in [5.74, 6) is 1.07. The second-order valence-electron chi connectivity index (χ2n) is 7.76. The molecule has 1 aromatic heterocycles. The molecular weight excluding hydrogens is 360 g/mol. The molecule has 0 spiro atoms. The van der Waals surface area contributed by atoms with E-state index in [4.69, 9.17) is 4.74 Å². The Balaban J connectivity index is 1.87. The Kier molecular flexibility index (Phi) is 6.76. The van der Waals surface area contributed by atoms with E-state index in [1.54, 1.807) is 7.11 Å². The molecule has 2 aromatic carbocycles. The van der Waals surface area contributed by atoms with Crippen molar-refractivity contribution >= 4 is 5.91 Å². The number of hydrogen-bond acceptors (Lipinski definition) is 2. The number of hydrogen-bond donors (Lipinski definition) is 0. The van der Waals surface area contributed by atoms with Crippen molar-refractivity contribution in [2.45, 2.75) is 39.9 Å². The van der Waals surface area contributed by atoms with Crippen molar-refractivity contribution in [1.29, 1.82) is 0 Å². The fraction of sp³-hybridized carbons (Fsp3) is 0.320. The van der Waals surface area contributed by atoms with Crippen LogP contribution in [0.4, 0.5) is 0 Å². The van der Waals surface area contributed by atoms with Crippen LogP contribution < -0.4 is 4.74 Å². The summed E-state index contributed by atoms with van der Waals surface area (Å²) in [6.07, 6.45) is 2.08. The minimum absolute atomic E-state index is 0.0255. The first-order chi connectivity index (χ1) is 14.0. The quantitative estimate of drug-likeness (QED) is 0.528. The Hall–Kier alpha value is -3.01. The number of carbonyl (C=O) groups excluding carboxylic acids is 1. The largest absolute Gasteiger partial charge is 0.497 e. The van der Waals surface area contributed by atoms with Crippen LogP contribution in [0.25, 0.3) is 0 Å². The third-order valence-electron chi connectivity index (χ3n) is 5.49. The summed E-state index contributed by atoms with van der Waals surface area (Å²) in [5.41, 5.74) is 3.02. The molecule has 0 aliphatic heterocycles. The molecule has 0 aliphatic rings. The van der Waals surface area contributed by atoms with Crippen molar-refractivity contribution in [2.75, 3.05) is 7.11 Å². The molecule has 4 nitrogen and oxygen atoms in total. The van der Waals surface area contributed by atoms with Crippen molar-refractivity contribution in [2.24, 2.45) is 5.92 Å². The topological polar surface area (TPSA) is 34.5 Å². The molecule has 0 aliphatic carbocycles. The Bertz CT molecular complexity index is 931. The highest BCUT2D eigenvalue weighted by molar-refractivity contribution is 5.94. The molecule has 1 atom stereocenters. The molecule has 3 aromatic rings. The molecule has 0 bridgehead atoms. The van der Waals surface area contributed by atoms with Crippen molar-refractivity contribution in [3.63, 3.8) is 0 Å². The van der Waals surface area contributed by atoms with Gasteiger partial charge in [-0.25, -0.2) is 0 Å². The van der Waals surface area contributed by atoms with Gasteiger partial charge in [-0.1, -0.05) is 50.2 Å². The van der Waals surface area contributed by atoms with Crippen molar-refractivity contribution in [3.05, 3.63) is 89.7 Å². The Morgan fingerprint density at radius 1 is 1.00 bits per heavy atom. The highest BCUT2D eigenvalue weighted by atomic mass is 16.5. The summed E-state index contributed by atoms with van der Waals surface area (Å²) in [4.78, 5) is 15.4. The van der Waals surface area contributed by atoms with E-state index in [2.05, 4.69) is 61.9 Å². The van der Waals surface area contributed by atoms with Crippen LogP contribution in [0.15, 0.2) is 72.9 Å². The third kappa shape index (κ3) is 5.08. The summed E-state index contributed by atoms with van der Waals surface area (Å²) >= 11 is 0. The molecule has 1 heterocycles. The number of ether oxygens (including phenoxy) is 1. The van der Waals surface area contributed by atoms with E-state index in [1.807, 2.05) is 41.3 Å². The molecule has 0 N–H and O–H groups in total. The number of aromatic nitrogens is 1. The lowest BCUT2D eigenvalue weighted by Gasteiger charge is -2.32. The smallest absolute Gasteiger partial charge is 0.254 e. The maximum absolute atomic E-state index is 13.4. The van der Waals surface area contributed by atoms with Crippen LogP contribution in [0.2, 0.25) is 0 Å². The summed E-state index contributed by atoms with van der Waals surface area (Å²) in [6, 6.07) is 22.0. The van der Waals surface area contributed by atoms with Gasteiger partial charge in [0.2, 0.25) is 0 Å². The van der Waals surface area contributed by atoms with Crippen molar-refractivity contribution in [3.8, 4) is 5.75 Å². The van der Waals surface area contributed by atoms with Gasteiger partial charge in [0.05, 0.1) is 13.7 Å². The van der Waals surface area contributed by atoms with Crippen LogP contribution in [0.5, 0.6) is 5.75 Å². The van der Waals surface area contributed by atoms with Gasteiger partial charge in [0, 0.05) is 30.0 Å². The van der Waals surface area contributed by atoms with E-state index in [-0.39, 0.29) is 11.9 Å². The second-order valence-corrected chi connectivity index (χ2v) is 7.76. The highest BCUT2D eigenvalue weighted by Crippen LogP contribution is 2.21. The van der Waals surface area contributed by atoms with Gasteiger partial charge in [0.25, 0.3) is 5.91 Å². The van der Waals surface area contributed by atoms with Gasteiger partial charge in [-0.05, 0) is 48.7 Å². The number of rotatable bonds is 8. The van der Waals surface area contributed by atoms with Crippen molar-refractivity contribution in [1.82, 2.24) is 9.47 Å². The van der Waals surface area contributed by atoms with Gasteiger partial charge in [-0.15, -0.1) is 0 Å². The van der Waals surface area contributed by atoms with E-state index in [9.17, 15) is 4.79 Å². The van der Waals surface area contributed by atoms with Crippen molar-refractivity contribution < 1.29 is 9.53 Å². The normalized spacial score (nSPS) is 12.0. The van der Waals surface area contributed by atoms with Gasteiger partial charge in [-0.2, -0.15) is 0 Å². The summed E-state index contributed by atoms with van der Waals surface area (Å²) in [5, 5.41) is 0. The van der Waals surface area contributed by atoms with E-state index in [0.717, 1.165) is 12.2 Å². The number of carbonyl (C=O) groups is 1. The maximum Gasteiger partial charge on any atom is 0.254 e. The zero-order chi connectivity index (χ0) is 20.8. The van der Waals surface area contributed by atoms with Crippen LogP contribution in [-0.4, -0.2) is 28.5 Å². The zero-order valence-electron chi connectivity index (χ0n) is 17.7. The second kappa shape index (κ2) is 9.46. The van der Waals surface area contributed by atoms with Gasteiger partial charge < -0.3 is 14.2 Å². The number of benzene rings is 2. The number of methoxy groups -OCH3 is 1. The first kappa shape index (κ1) is 20.7. The lowest BCUT2D eigenvalue weighted by atomic mass is 10.0. The molecular formula is C25H30N2O2.